The van der Waals surface area contributed by atoms with Crippen LogP contribution in [0, 0.1) is 17.1 Å². The van der Waals surface area contributed by atoms with E-state index in [1.54, 1.807) is 18.2 Å². The molecule has 1 fully saturated rings. The lowest BCUT2D eigenvalue weighted by atomic mass is 9.99. The van der Waals surface area contributed by atoms with Gasteiger partial charge in [0.05, 0.1) is 25.0 Å². The lowest BCUT2D eigenvalue weighted by Crippen LogP contribution is -2.54. The molecule has 0 unspecified atom stereocenters. The van der Waals surface area contributed by atoms with Crippen LogP contribution < -0.4 is 5.32 Å². The molecule has 0 radical (unpaired) electrons. The normalized spacial score (nSPS) is 18.0. The summed E-state index contributed by atoms with van der Waals surface area (Å²) in [5.74, 6) is -0.353. The Bertz CT molecular complexity index is 382. The number of benzene rings is 1. The number of hydrogen-bond acceptors (Lipinski definition) is 3. The van der Waals surface area contributed by atoms with Crippen LogP contribution in [0.1, 0.15) is 0 Å². The van der Waals surface area contributed by atoms with Gasteiger partial charge in [0.1, 0.15) is 5.82 Å². The van der Waals surface area contributed by atoms with Crippen molar-refractivity contribution in [1.82, 2.24) is 0 Å². The van der Waals surface area contributed by atoms with Gasteiger partial charge >= 0.3 is 0 Å². The standard InChI is InChI=1S/C10H9FN2O/c11-8-3-1-2-4-9(8)13-10(5-12)6-14-7-10/h1-4,13H,6-7H2. The molecule has 1 aromatic carbocycles. The summed E-state index contributed by atoms with van der Waals surface area (Å²) in [5.41, 5.74) is -0.403. The van der Waals surface area contributed by atoms with Gasteiger partial charge in [-0.15, -0.1) is 0 Å². The molecule has 0 atom stereocenters. The van der Waals surface area contributed by atoms with Crippen LogP contribution in [0.4, 0.5) is 10.1 Å². The first kappa shape index (κ1) is 8.97. The predicted molar refractivity (Wildman–Crippen MR) is 49.2 cm³/mol. The Hall–Kier alpha value is -1.60. The van der Waals surface area contributed by atoms with Crippen molar-refractivity contribution < 1.29 is 9.13 Å². The smallest absolute Gasteiger partial charge is 0.172 e. The fourth-order valence-electron chi connectivity index (χ4n) is 1.29. The number of nitriles is 1. The summed E-state index contributed by atoms with van der Waals surface area (Å²) in [6.45, 7) is 0.607. The number of anilines is 1. The van der Waals surface area contributed by atoms with Gasteiger partial charge in [0.25, 0.3) is 0 Å². The van der Waals surface area contributed by atoms with Crippen molar-refractivity contribution in [3.8, 4) is 6.07 Å². The molecule has 1 aromatic rings. The molecule has 14 heavy (non-hydrogen) atoms. The van der Waals surface area contributed by atoms with E-state index in [1.165, 1.54) is 6.07 Å². The molecule has 1 aliphatic rings. The van der Waals surface area contributed by atoms with Crippen LogP contribution in [-0.2, 0) is 4.74 Å². The zero-order valence-electron chi connectivity index (χ0n) is 7.46. The molecule has 0 aromatic heterocycles. The number of rotatable bonds is 2. The fraction of sp³-hybridized carbons (Fsp3) is 0.300. The Labute approximate surface area is 81.1 Å². The molecule has 4 heteroatoms. The third-order valence-electron chi connectivity index (χ3n) is 2.16. The van der Waals surface area contributed by atoms with E-state index in [-0.39, 0.29) is 5.82 Å². The lowest BCUT2D eigenvalue weighted by Gasteiger charge is -2.36. The predicted octanol–water partition coefficient (Wildman–Crippen LogP) is 1.53. The zero-order chi connectivity index (χ0) is 10.0. The summed E-state index contributed by atoms with van der Waals surface area (Å²) < 4.78 is 18.1. The molecule has 1 saturated heterocycles. The minimum Gasteiger partial charge on any atom is -0.374 e. The highest BCUT2D eigenvalue weighted by Gasteiger charge is 2.39. The summed E-state index contributed by atoms with van der Waals surface area (Å²) >= 11 is 0. The van der Waals surface area contributed by atoms with E-state index in [0.29, 0.717) is 18.9 Å². The highest BCUT2D eigenvalue weighted by molar-refractivity contribution is 5.49. The highest BCUT2D eigenvalue weighted by atomic mass is 19.1. The summed E-state index contributed by atoms with van der Waals surface area (Å²) in [6, 6.07) is 8.37. The maximum Gasteiger partial charge on any atom is 0.172 e. The second-order valence-corrected chi connectivity index (χ2v) is 3.29. The number of nitrogens with zero attached hydrogens (tertiary/aromatic N) is 1. The van der Waals surface area contributed by atoms with E-state index >= 15 is 0 Å². The summed E-state index contributed by atoms with van der Waals surface area (Å²) in [5, 5.41) is 11.7. The maximum absolute atomic E-state index is 13.2. The molecular formula is C10H9FN2O. The third kappa shape index (κ3) is 1.42. The van der Waals surface area contributed by atoms with E-state index in [1.807, 2.05) is 0 Å². The average Bonchev–Trinajstić information content (AvgIpc) is 2.14. The Balaban J connectivity index is 2.19. The van der Waals surface area contributed by atoms with Gasteiger partial charge in [0, 0.05) is 0 Å². The topological polar surface area (TPSA) is 45.0 Å². The highest BCUT2D eigenvalue weighted by Crippen LogP contribution is 2.24. The number of halogens is 1. The first-order valence-electron chi connectivity index (χ1n) is 4.27. The molecule has 0 saturated carbocycles. The Morgan fingerprint density at radius 1 is 1.43 bits per heavy atom. The molecule has 0 bridgehead atoms. The molecule has 1 heterocycles. The molecule has 1 N–H and O–H groups in total. The summed E-state index contributed by atoms with van der Waals surface area (Å²) in [6.07, 6.45) is 0. The molecule has 72 valence electrons. The second-order valence-electron chi connectivity index (χ2n) is 3.29. The minimum absolute atomic E-state index is 0.303. The van der Waals surface area contributed by atoms with Gasteiger partial charge in [-0.25, -0.2) is 4.39 Å². The van der Waals surface area contributed by atoms with Crippen LogP contribution >= 0.6 is 0 Å². The largest absolute Gasteiger partial charge is 0.374 e. The van der Waals surface area contributed by atoms with Gasteiger partial charge in [-0.05, 0) is 12.1 Å². The van der Waals surface area contributed by atoms with E-state index in [4.69, 9.17) is 10.00 Å². The number of nitrogens with one attached hydrogen (secondary N) is 1. The van der Waals surface area contributed by atoms with Crippen molar-refractivity contribution in [3.05, 3.63) is 30.1 Å². The van der Waals surface area contributed by atoms with Crippen molar-refractivity contribution in [2.45, 2.75) is 5.54 Å². The van der Waals surface area contributed by atoms with E-state index in [9.17, 15) is 4.39 Å². The molecular weight excluding hydrogens is 183 g/mol. The van der Waals surface area contributed by atoms with Crippen LogP contribution in [0.25, 0.3) is 0 Å². The number of para-hydroxylation sites is 1. The van der Waals surface area contributed by atoms with Gasteiger partial charge in [0.15, 0.2) is 5.54 Å². The first-order chi connectivity index (χ1) is 6.76. The van der Waals surface area contributed by atoms with Crippen LogP contribution in [0.2, 0.25) is 0 Å². The van der Waals surface area contributed by atoms with Gasteiger partial charge in [-0.1, -0.05) is 12.1 Å². The van der Waals surface area contributed by atoms with Crippen molar-refractivity contribution in [1.29, 1.82) is 5.26 Å². The molecule has 1 aliphatic heterocycles. The van der Waals surface area contributed by atoms with Crippen molar-refractivity contribution in [3.63, 3.8) is 0 Å². The third-order valence-corrected chi connectivity index (χ3v) is 2.16. The summed E-state index contributed by atoms with van der Waals surface area (Å²) in [4.78, 5) is 0. The molecule has 0 amide bonds. The van der Waals surface area contributed by atoms with Crippen LogP contribution in [0.3, 0.4) is 0 Å². The second kappa shape index (κ2) is 3.28. The zero-order valence-corrected chi connectivity index (χ0v) is 7.46. The monoisotopic (exact) mass is 192 g/mol. The van der Waals surface area contributed by atoms with Crippen LogP contribution in [-0.4, -0.2) is 18.8 Å². The van der Waals surface area contributed by atoms with Crippen molar-refractivity contribution >= 4 is 5.69 Å². The van der Waals surface area contributed by atoms with E-state index in [0.717, 1.165) is 0 Å². The van der Waals surface area contributed by atoms with Crippen LogP contribution in [0.15, 0.2) is 24.3 Å². The lowest BCUT2D eigenvalue weighted by molar-refractivity contribution is -0.0133. The van der Waals surface area contributed by atoms with Gasteiger partial charge in [-0.3, -0.25) is 0 Å². The fourth-order valence-corrected chi connectivity index (χ4v) is 1.29. The molecule has 3 nitrogen and oxygen atoms in total. The Morgan fingerprint density at radius 2 is 2.14 bits per heavy atom. The number of hydrogen-bond donors (Lipinski definition) is 1. The van der Waals surface area contributed by atoms with Gasteiger partial charge in [0.2, 0.25) is 0 Å². The van der Waals surface area contributed by atoms with Crippen molar-refractivity contribution in [2.75, 3.05) is 18.5 Å². The quantitative estimate of drug-likeness (QED) is 0.772. The molecule has 0 aliphatic carbocycles. The van der Waals surface area contributed by atoms with Gasteiger partial charge in [-0.2, -0.15) is 5.26 Å². The Kier molecular flexibility index (Phi) is 2.10. The SMILES string of the molecule is N#CC1(Nc2ccccc2F)COC1. The van der Waals surface area contributed by atoms with E-state index < -0.39 is 5.54 Å². The van der Waals surface area contributed by atoms with E-state index in [2.05, 4.69) is 11.4 Å². The van der Waals surface area contributed by atoms with Gasteiger partial charge < -0.3 is 10.1 Å². The molecule has 0 spiro atoms. The van der Waals surface area contributed by atoms with Crippen molar-refractivity contribution in [2.24, 2.45) is 0 Å². The van der Waals surface area contributed by atoms with Crippen LogP contribution in [0.5, 0.6) is 0 Å². The molecule has 2 rings (SSSR count). The minimum atomic E-state index is -0.748. The first-order valence-corrected chi connectivity index (χ1v) is 4.27. The number of ether oxygens (including phenoxy) is 1. The summed E-state index contributed by atoms with van der Waals surface area (Å²) in [7, 11) is 0. The maximum atomic E-state index is 13.2. The average molecular weight is 192 g/mol. The Morgan fingerprint density at radius 3 is 2.64 bits per heavy atom.